The van der Waals surface area contributed by atoms with Crippen LogP contribution in [0.3, 0.4) is 0 Å². The largest absolute Gasteiger partial charge is 0.317 e. The number of nitrogens with zero attached hydrogens (tertiary/aromatic N) is 2. The molecule has 0 saturated carbocycles. The molecule has 27 heavy (non-hydrogen) atoms. The van der Waals surface area contributed by atoms with Crippen molar-refractivity contribution in [2.45, 2.75) is 13.0 Å². The molecule has 3 aromatic rings. The first-order valence-corrected chi connectivity index (χ1v) is 9.46. The number of rotatable bonds is 4. The van der Waals surface area contributed by atoms with E-state index in [0.717, 1.165) is 28.5 Å². The Morgan fingerprint density at radius 3 is 2.59 bits per heavy atom. The maximum atomic E-state index is 12.6. The number of aromatic nitrogens is 1. The van der Waals surface area contributed by atoms with Gasteiger partial charge in [-0.15, -0.1) is 6.58 Å². The molecular weight excluding hydrogens is 356 g/mol. The second-order valence-corrected chi connectivity index (χ2v) is 7.36. The van der Waals surface area contributed by atoms with Crippen LogP contribution in [0.5, 0.6) is 0 Å². The van der Waals surface area contributed by atoms with Crippen molar-refractivity contribution >= 4 is 39.8 Å². The zero-order valence-electron chi connectivity index (χ0n) is 14.8. The summed E-state index contributed by atoms with van der Waals surface area (Å²) in [5.74, 6) is -0.274. The summed E-state index contributed by atoms with van der Waals surface area (Å²) in [6.45, 7) is 5.46. The van der Waals surface area contributed by atoms with E-state index in [2.05, 4.69) is 30.8 Å². The highest BCUT2D eigenvalue weighted by atomic mass is 32.2. The summed E-state index contributed by atoms with van der Waals surface area (Å²) in [5, 5.41) is 2.06. The Bertz CT molecular complexity index is 1100. The van der Waals surface area contributed by atoms with Crippen molar-refractivity contribution in [3.05, 3.63) is 84.0 Å². The van der Waals surface area contributed by atoms with Gasteiger partial charge in [0.15, 0.2) is 0 Å². The van der Waals surface area contributed by atoms with Gasteiger partial charge in [0.25, 0.3) is 11.1 Å². The number of hydrogen-bond acceptors (Lipinski definition) is 3. The molecular formula is C22H18N2O2S. The zero-order chi connectivity index (χ0) is 19.0. The monoisotopic (exact) mass is 374 g/mol. The maximum Gasteiger partial charge on any atom is 0.294 e. The van der Waals surface area contributed by atoms with Gasteiger partial charge in [0, 0.05) is 17.6 Å². The second kappa shape index (κ2) is 6.93. The highest BCUT2D eigenvalue weighted by Crippen LogP contribution is 2.34. The maximum absolute atomic E-state index is 12.6. The molecule has 1 aliphatic rings. The van der Waals surface area contributed by atoms with Gasteiger partial charge in [0.2, 0.25) is 0 Å². The van der Waals surface area contributed by atoms with Gasteiger partial charge < -0.3 is 4.57 Å². The van der Waals surface area contributed by atoms with Crippen molar-refractivity contribution in [2.24, 2.45) is 0 Å². The van der Waals surface area contributed by atoms with Gasteiger partial charge in [-0.2, -0.15) is 0 Å². The molecule has 0 spiro atoms. The fraction of sp³-hybridized carbons (Fsp3) is 0.0909. The molecule has 134 valence electrons. The first-order chi connectivity index (χ1) is 13.1. The topological polar surface area (TPSA) is 42.3 Å². The molecule has 2 heterocycles. The second-order valence-electron chi connectivity index (χ2n) is 6.36. The summed E-state index contributed by atoms with van der Waals surface area (Å²) >= 11 is 0.968. The predicted molar refractivity (Wildman–Crippen MR) is 111 cm³/mol. The van der Waals surface area contributed by atoms with Crippen LogP contribution in [0, 0.1) is 0 Å². The Morgan fingerprint density at radius 1 is 1.04 bits per heavy atom. The lowest BCUT2D eigenvalue weighted by molar-refractivity contribution is -0.123. The quantitative estimate of drug-likeness (QED) is 0.463. The van der Waals surface area contributed by atoms with Crippen molar-refractivity contribution in [1.29, 1.82) is 0 Å². The summed E-state index contributed by atoms with van der Waals surface area (Å²) < 4.78 is 2.01. The smallest absolute Gasteiger partial charge is 0.294 e. The lowest BCUT2D eigenvalue weighted by atomic mass is 10.1. The van der Waals surface area contributed by atoms with Crippen molar-refractivity contribution in [1.82, 2.24) is 9.47 Å². The average molecular weight is 374 g/mol. The lowest BCUT2D eigenvalue weighted by Crippen LogP contribution is -2.35. The highest BCUT2D eigenvalue weighted by Gasteiger charge is 2.37. The van der Waals surface area contributed by atoms with Gasteiger partial charge in [-0.3, -0.25) is 14.5 Å². The summed E-state index contributed by atoms with van der Waals surface area (Å²) in [4.78, 5) is 26.5. The van der Waals surface area contributed by atoms with Crippen LogP contribution in [0.1, 0.15) is 12.6 Å². The molecule has 1 aromatic heterocycles. The van der Waals surface area contributed by atoms with Gasteiger partial charge in [0.05, 0.1) is 10.9 Å². The first kappa shape index (κ1) is 17.4. The van der Waals surface area contributed by atoms with Crippen LogP contribution in [0.15, 0.2) is 78.4 Å². The first-order valence-electron chi connectivity index (χ1n) is 8.64. The Balaban J connectivity index is 1.72. The van der Waals surface area contributed by atoms with E-state index in [0.29, 0.717) is 4.91 Å². The van der Waals surface area contributed by atoms with Gasteiger partial charge in [0.1, 0.15) is 0 Å². The summed E-state index contributed by atoms with van der Waals surface area (Å²) in [6, 6.07) is 17.9. The Kier molecular flexibility index (Phi) is 4.46. The van der Waals surface area contributed by atoms with Crippen LogP contribution in [0.25, 0.3) is 22.5 Å². The Labute approximate surface area is 161 Å². The van der Waals surface area contributed by atoms with Gasteiger partial charge in [-0.1, -0.05) is 36.4 Å². The zero-order valence-corrected chi connectivity index (χ0v) is 15.6. The third kappa shape index (κ3) is 3.11. The number of carbonyl (C=O) groups excluding carboxylic acids is 2. The molecule has 0 bridgehead atoms. The standard InChI is InChI=1S/C22H18N2O2S/c1-3-15(2)24-21(25)20(27-22(24)26)14-18-9-6-12-23(18)19-11-10-16-7-4-5-8-17(16)13-19/h3-15H,1H2,2H3/b20-14-. The average Bonchev–Trinajstić information content (AvgIpc) is 3.25. The van der Waals surface area contributed by atoms with E-state index in [1.807, 2.05) is 41.1 Å². The number of benzene rings is 2. The minimum Gasteiger partial charge on any atom is -0.317 e. The Hall–Kier alpha value is -3.05. The van der Waals surface area contributed by atoms with Crippen LogP contribution in [0.2, 0.25) is 0 Å². The van der Waals surface area contributed by atoms with Crippen LogP contribution in [0.4, 0.5) is 4.79 Å². The number of fused-ring (bicyclic) bond motifs is 1. The molecule has 5 heteroatoms. The molecule has 4 nitrogen and oxygen atoms in total. The van der Waals surface area contributed by atoms with Crippen molar-refractivity contribution < 1.29 is 9.59 Å². The molecule has 1 saturated heterocycles. The summed E-state index contributed by atoms with van der Waals surface area (Å²) in [7, 11) is 0. The third-order valence-corrected chi connectivity index (χ3v) is 5.53. The molecule has 4 rings (SSSR count). The van der Waals surface area contributed by atoms with Crippen LogP contribution < -0.4 is 0 Å². The fourth-order valence-electron chi connectivity index (χ4n) is 3.14. The molecule has 2 amide bonds. The molecule has 1 fully saturated rings. The van der Waals surface area contributed by atoms with E-state index < -0.39 is 0 Å². The highest BCUT2D eigenvalue weighted by molar-refractivity contribution is 8.18. The number of hydrogen-bond donors (Lipinski definition) is 0. The van der Waals surface area contributed by atoms with Crippen LogP contribution >= 0.6 is 11.8 Å². The van der Waals surface area contributed by atoms with Crippen molar-refractivity contribution in [3.63, 3.8) is 0 Å². The molecule has 0 aliphatic carbocycles. The number of carbonyl (C=O) groups is 2. The third-order valence-electron chi connectivity index (χ3n) is 4.64. The van der Waals surface area contributed by atoms with E-state index >= 15 is 0 Å². The molecule has 1 atom stereocenters. The Morgan fingerprint density at radius 2 is 1.81 bits per heavy atom. The van der Waals surface area contributed by atoms with Crippen LogP contribution in [-0.4, -0.2) is 26.7 Å². The summed E-state index contributed by atoms with van der Waals surface area (Å²) in [6.07, 6.45) is 5.32. The molecule has 1 unspecified atom stereocenters. The fourth-order valence-corrected chi connectivity index (χ4v) is 4.05. The molecule has 0 radical (unpaired) electrons. The van der Waals surface area contributed by atoms with Gasteiger partial charge in [-0.25, -0.2) is 0 Å². The van der Waals surface area contributed by atoms with E-state index in [1.165, 1.54) is 10.3 Å². The number of amides is 2. The normalized spacial score (nSPS) is 17.1. The van der Waals surface area contributed by atoms with Crippen molar-refractivity contribution in [3.8, 4) is 5.69 Å². The van der Waals surface area contributed by atoms with Crippen molar-refractivity contribution in [2.75, 3.05) is 0 Å². The van der Waals surface area contributed by atoms with Gasteiger partial charge in [-0.05, 0) is 59.8 Å². The van der Waals surface area contributed by atoms with E-state index in [-0.39, 0.29) is 17.2 Å². The van der Waals surface area contributed by atoms with Gasteiger partial charge >= 0.3 is 0 Å². The SMILES string of the molecule is C=CC(C)N1C(=O)S/C(=C\c2cccn2-c2ccc3ccccc3c2)C1=O. The lowest BCUT2D eigenvalue weighted by Gasteiger charge is -2.17. The van der Waals surface area contributed by atoms with E-state index in [4.69, 9.17) is 0 Å². The van der Waals surface area contributed by atoms with E-state index in [1.54, 1.807) is 19.1 Å². The molecule has 0 N–H and O–H groups in total. The summed E-state index contributed by atoms with van der Waals surface area (Å²) in [5.41, 5.74) is 1.85. The number of thioether (sulfide) groups is 1. The molecule has 1 aliphatic heterocycles. The molecule has 2 aromatic carbocycles. The van der Waals surface area contributed by atoms with E-state index in [9.17, 15) is 9.59 Å². The minimum absolute atomic E-state index is 0.262. The number of imide groups is 1. The minimum atomic E-state index is -0.323. The van der Waals surface area contributed by atoms with Crippen LogP contribution in [-0.2, 0) is 4.79 Å². The predicted octanol–water partition coefficient (Wildman–Crippen LogP) is 5.24.